The first-order valence-corrected chi connectivity index (χ1v) is 4.79. The molecular formula is C11H10FN3. The summed E-state index contributed by atoms with van der Waals surface area (Å²) in [5.41, 5.74) is 0.934. The van der Waals surface area contributed by atoms with Crippen LogP contribution in [0.4, 0.5) is 10.1 Å². The first kappa shape index (κ1) is 9.66. The number of benzene rings is 1. The third-order valence-corrected chi connectivity index (χ3v) is 2.26. The van der Waals surface area contributed by atoms with Crippen LogP contribution < -0.4 is 5.32 Å². The SMILES string of the molecule is N#Cc1cc(F)ccc1NC1=NCCC1. The quantitative estimate of drug-likeness (QED) is 0.761. The van der Waals surface area contributed by atoms with Crippen LogP contribution in [0.25, 0.3) is 0 Å². The van der Waals surface area contributed by atoms with E-state index in [1.807, 2.05) is 6.07 Å². The van der Waals surface area contributed by atoms with Gasteiger partial charge in [-0.15, -0.1) is 0 Å². The molecule has 0 aromatic heterocycles. The molecule has 1 aromatic carbocycles. The fraction of sp³-hybridized carbons (Fsp3) is 0.273. The van der Waals surface area contributed by atoms with Gasteiger partial charge in [-0.2, -0.15) is 5.26 Å². The average Bonchev–Trinajstić information content (AvgIpc) is 2.73. The summed E-state index contributed by atoms with van der Waals surface area (Å²) in [6.07, 6.45) is 1.92. The Morgan fingerprint density at radius 1 is 1.47 bits per heavy atom. The van der Waals surface area contributed by atoms with Gasteiger partial charge in [-0.05, 0) is 24.6 Å². The number of nitrogens with zero attached hydrogens (tertiary/aromatic N) is 2. The molecule has 0 aliphatic carbocycles. The van der Waals surface area contributed by atoms with E-state index in [4.69, 9.17) is 5.26 Å². The minimum absolute atomic E-state index is 0.310. The Bertz CT molecular complexity index is 446. The van der Waals surface area contributed by atoms with Gasteiger partial charge in [0.2, 0.25) is 0 Å². The molecule has 0 saturated carbocycles. The molecule has 1 aliphatic rings. The number of anilines is 1. The van der Waals surface area contributed by atoms with Crippen LogP contribution in [0.1, 0.15) is 18.4 Å². The molecule has 76 valence electrons. The summed E-state index contributed by atoms with van der Waals surface area (Å²) >= 11 is 0. The summed E-state index contributed by atoms with van der Waals surface area (Å²) in [6.45, 7) is 0.825. The predicted octanol–water partition coefficient (Wildman–Crippen LogP) is 2.30. The van der Waals surface area contributed by atoms with Gasteiger partial charge in [-0.3, -0.25) is 4.99 Å². The Hall–Kier alpha value is -1.89. The molecule has 2 rings (SSSR count). The molecule has 1 heterocycles. The molecule has 0 saturated heterocycles. The van der Waals surface area contributed by atoms with Crippen molar-refractivity contribution in [3.63, 3.8) is 0 Å². The summed E-state index contributed by atoms with van der Waals surface area (Å²) in [6, 6.07) is 6.07. The largest absolute Gasteiger partial charge is 0.343 e. The highest BCUT2D eigenvalue weighted by atomic mass is 19.1. The summed E-state index contributed by atoms with van der Waals surface area (Å²) < 4.78 is 12.8. The molecule has 15 heavy (non-hydrogen) atoms. The normalized spacial score (nSPS) is 14.5. The number of rotatable bonds is 1. The fourth-order valence-electron chi connectivity index (χ4n) is 1.52. The monoisotopic (exact) mass is 203 g/mol. The highest BCUT2D eigenvalue weighted by molar-refractivity contribution is 5.97. The first-order valence-electron chi connectivity index (χ1n) is 4.79. The van der Waals surface area contributed by atoms with Gasteiger partial charge >= 0.3 is 0 Å². The molecule has 1 aliphatic heterocycles. The Kier molecular flexibility index (Phi) is 2.64. The van der Waals surface area contributed by atoms with Crippen molar-refractivity contribution in [2.75, 3.05) is 11.9 Å². The average molecular weight is 203 g/mol. The van der Waals surface area contributed by atoms with E-state index in [0.29, 0.717) is 11.3 Å². The third-order valence-electron chi connectivity index (χ3n) is 2.26. The van der Waals surface area contributed by atoms with Gasteiger partial charge in [0.1, 0.15) is 17.7 Å². The van der Waals surface area contributed by atoms with Gasteiger partial charge in [0.05, 0.1) is 11.3 Å². The van der Waals surface area contributed by atoms with Crippen molar-refractivity contribution in [2.24, 2.45) is 4.99 Å². The maximum Gasteiger partial charge on any atom is 0.124 e. The Balaban J connectivity index is 2.24. The van der Waals surface area contributed by atoms with Crippen LogP contribution in [0.15, 0.2) is 23.2 Å². The Labute approximate surface area is 87.3 Å². The van der Waals surface area contributed by atoms with Crippen LogP contribution in [0, 0.1) is 17.1 Å². The lowest BCUT2D eigenvalue weighted by molar-refractivity contribution is 0.627. The van der Waals surface area contributed by atoms with Crippen molar-refractivity contribution < 1.29 is 4.39 Å². The molecule has 3 nitrogen and oxygen atoms in total. The van der Waals surface area contributed by atoms with Gasteiger partial charge in [0.15, 0.2) is 0 Å². The second kappa shape index (κ2) is 4.09. The van der Waals surface area contributed by atoms with Crippen molar-refractivity contribution in [3.05, 3.63) is 29.6 Å². The van der Waals surface area contributed by atoms with E-state index in [2.05, 4.69) is 10.3 Å². The standard InChI is InChI=1S/C11H10FN3/c12-9-3-4-10(8(6-9)7-13)15-11-2-1-5-14-11/h3-4,6H,1-2,5H2,(H,14,15). The van der Waals surface area contributed by atoms with Crippen LogP contribution >= 0.6 is 0 Å². The molecule has 4 heteroatoms. The van der Waals surface area contributed by atoms with Gasteiger partial charge in [-0.1, -0.05) is 0 Å². The van der Waals surface area contributed by atoms with Gasteiger partial charge in [-0.25, -0.2) is 4.39 Å². The van der Waals surface area contributed by atoms with Crippen LogP contribution in [-0.4, -0.2) is 12.4 Å². The van der Waals surface area contributed by atoms with Crippen LogP contribution in [0.3, 0.4) is 0 Å². The number of nitrogens with one attached hydrogen (secondary N) is 1. The van der Waals surface area contributed by atoms with E-state index in [9.17, 15) is 4.39 Å². The summed E-state index contributed by atoms with van der Waals surface area (Å²) in [5.74, 6) is 0.476. The molecule has 0 amide bonds. The van der Waals surface area contributed by atoms with Crippen LogP contribution in [-0.2, 0) is 0 Å². The third kappa shape index (κ3) is 2.13. The van der Waals surface area contributed by atoms with Crippen LogP contribution in [0.5, 0.6) is 0 Å². The highest BCUT2D eigenvalue weighted by Crippen LogP contribution is 2.17. The molecule has 0 atom stereocenters. The van der Waals surface area contributed by atoms with E-state index in [0.717, 1.165) is 25.2 Å². The zero-order chi connectivity index (χ0) is 10.7. The number of nitriles is 1. The summed E-state index contributed by atoms with van der Waals surface area (Å²) in [4.78, 5) is 4.23. The minimum atomic E-state index is -0.398. The van der Waals surface area contributed by atoms with Crippen LogP contribution in [0.2, 0.25) is 0 Å². The lowest BCUT2D eigenvalue weighted by Gasteiger charge is -2.07. The molecular weight excluding hydrogens is 193 g/mol. The number of aliphatic imine (C=N–C) groups is 1. The molecule has 0 bridgehead atoms. The van der Waals surface area contributed by atoms with Gasteiger partial charge < -0.3 is 5.32 Å². The Morgan fingerprint density at radius 2 is 2.33 bits per heavy atom. The second-order valence-electron chi connectivity index (χ2n) is 3.36. The van der Waals surface area contributed by atoms with Gasteiger partial charge in [0.25, 0.3) is 0 Å². The second-order valence-corrected chi connectivity index (χ2v) is 3.36. The van der Waals surface area contributed by atoms with Gasteiger partial charge in [0, 0.05) is 13.0 Å². The van der Waals surface area contributed by atoms with E-state index in [-0.39, 0.29) is 0 Å². The van der Waals surface area contributed by atoms with E-state index in [1.54, 1.807) is 6.07 Å². The summed E-state index contributed by atoms with van der Waals surface area (Å²) in [5, 5.41) is 11.9. The molecule has 0 unspecified atom stereocenters. The lowest BCUT2D eigenvalue weighted by atomic mass is 10.2. The lowest BCUT2D eigenvalue weighted by Crippen LogP contribution is -2.09. The molecule has 0 fully saturated rings. The molecule has 1 aromatic rings. The van der Waals surface area contributed by atoms with Crippen molar-refractivity contribution >= 4 is 11.5 Å². The van der Waals surface area contributed by atoms with E-state index < -0.39 is 5.82 Å². The number of hydrogen-bond acceptors (Lipinski definition) is 3. The smallest absolute Gasteiger partial charge is 0.124 e. The minimum Gasteiger partial charge on any atom is -0.343 e. The molecule has 0 spiro atoms. The summed E-state index contributed by atoms with van der Waals surface area (Å²) in [7, 11) is 0. The Morgan fingerprint density at radius 3 is 3.00 bits per heavy atom. The zero-order valence-electron chi connectivity index (χ0n) is 8.13. The zero-order valence-corrected chi connectivity index (χ0v) is 8.13. The van der Waals surface area contributed by atoms with Crippen molar-refractivity contribution in [3.8, 4) is 6.07 Å². The number of amidine groups is 1. The van der Waals surface area contributed by atoms with Crippen molar-refractivity contribution in [2.45, 2.75) is 12.8 Å². The first-order chi connectivity index (χ1) is 7.29. The fourth-order valence-corrected chi connectivity index (χ4v) is 1.52. The van der Waals surface area contributed by atoms with E-state index >= 15 is 0 Å². The van der Waals surface area contributed by atoms with Crippen molar-refractivity contribution in [1.82, 2.24) is 0 Å². The highest BCUT2D eigenvalue weighted by Gasteiger charge is 2.09. The maximum atomic E-state index is 12.8. The molecule has 0 radical (unpaired) electrons. The topological polar surface area (TPSA) is 48.2 Å². The maximum absolute atomic E-state index is 12.8. The molecule has 1 N–H and O–H groups in total. The predicted molar refractivity (Wildman–Crippen MR) is 56.3 cm³/mol. The number of halogens is 1. The van der Waals surface area contributed by atoms with Crippen molar-refractivity contribution in [1.29, 1.82) is 5.26 Å². The van der Waals surface area contributed by atoms with E-state index in [1.165, 1.54) is 12.1 Å². The number of hydrogen-bond donors (Lipinski definition) is 1.